The summed E-state index contributed by atoms with van der Waals surface area (Å²) in [5.74, 6) is -0.621. The maximum Gasteiger partial charge on any atom is 0.255 e. The summed E-state index contributed by atoms with van der Waals surface area (Å²) < 4.78 is 2.27. The molecule has 46 heavy (non-hydrogen) atoms. The van der Waals surface area contributed by atoms with Crippen molar-refractivity contribution in [3.63, 3.8) is 0 Å². The van der Waals surface area contributed by atoms with Crippen LogP contribution in [0.15, 0.2) is 120 Å². The Morgan fingerprint density at radius 3 is 2.02 bits per heavy atom. The van der Waals surface area contributed by atoms with E-state index >= 15 is 0 Å². The molecular formula is C38H37N4O4+. The molecule has 3 aromatic rings. The highest BCUT2D eigenvalue weighted by Gasteiger charge is 2.40. The van der Waals surface area contributed by atoms with Gasteiger partial charge in [-0.2, -0.15) is 0 Å². The zero-order valence-corrected chi connectivity index (χ0v) is 25.6. The van der Waals surface area contributed by atoms with Gasteiger partial charge in [-0.15, -0.1) is 0 Å². The number of carbonyl (C=O) groups is 2. The topological polar surface area (TPSA) is 105 Å². The first-order valence-electron chi connectivity index (χ1n) is 16.0. The molecular weight excluding hydrogens is 576 g/mol. The van der Waals surface area contributed by atoms with Crippen LogP contribution in [0.1, 0.15) is 52.0 Å². The highest BCUT2D eigenvalue weighted by Crippen LogP contribution is 2.46. The second-order valence-corrected chi connectivity index (χ2v) is 12.1. The minimum Gasteiger partial charge on any atom is -0.507 e. The molecule has 0 aromatic heterocycles. The van der Waals surface area contributed by atoms with Crippen molar-refractivity contribution >= 4 is 34.5 Å². The van der Waals surface area contributed by atoms with Crippen LogP contribution in [0.2, 0.25) is 0 Å². The fourth-order valence-corrected chi connectivity index (χ4v) is 6.67. The molecule has 2 aliphatic carbocycles. The Labute approximate surface area is 268 Å². The van der Waals surface area contributed by atoms with E-state index in [2.05, 4.69) is 20.1 Å². The molecule has 0 spiro atoms. The lowest BCUT2D eigenvalue weighted by Gasteiger charge is -2.34. The molecule has 1 atom stereocenters. The maximum absolute atomic E-state index is 13.3. The average Bonchev–Trinajstić information content (AvgIpc) is 3.83. The van der Waals surface area contributed by atoms with Gasteiger partial charge in [-0.05, 0) is 55.3 Å². The van der Waals surface area contributed by atoms with Crippen LogP contribution in [-0.2, 0) is 0 Å². The number of nitrogens with one attached hydrogen (secondary N) is 2. The summed E-state index contributed by atoms with van der Waals surface area (Å²) in [6.45, 7) is 3.74. The van der Waals surface area contributed by atoms with Gasteiger partial charge in [0.2, 0.25) is 5.71 Å². The normalized spacial score (nSPS) is 20.9. The van der Waals surface area contributed by atoms with Crippen LogP contribution in [0.25, 0.3) is 5.57 Å². The predicted molar refractivity (Wildman–Crippen MR) is 180 cm³/mol. The molecule has 2 heterocycles. The fraction of sp³-hybridized carbons (Fsp3) is 0.237. The Kier molecular flexibility index (Phi) is 8.11. The zero-order valence-electron chi connectivity index (χ0n) is 25.6. The van der Waals surface area contributed by atoms with E-state index in [1.54, 1.807) is 24.3 Å². The number of benzene rings is 3. The lowest BCUT2D eigenvalue weighted by atomic mass is 9.77. The molecule has 0 radical (unpaired) electrons. The van der Waals surface area contributed by atoms with Crippen molar-refractivity contribution in [2.24, 2.45) is 0 Å². The third-order valence-electron chi connectivity index (χ3n) is 9.15. The number of anilines is 2. The summed E-state index contributed by atoms with van der Waals surface area (Å²) >= 11 is 0. The first kappa shape index (κ1) is 29.5. The highest BCUT2D eigenvalue weighted by molar-refractivity contribution is 6.08. The Balaban J connectivity index is 1.28. The number of amides is 2. The highest BCUT2D eigenvalue weighted by atomic mass is 16.3. The average molecular weight is 614 g/mol. The van der Waals surface area contributed by atoms with E-state index in [0.717, 1.165) is 63.3 Å². The molecule has 1 unspecified atom stereocenters. The van der Waals surface area contributed by atoms with Gasteiger partial charge in [0.05, 0.1) is 11.4 Å². The first-order valence-corrected chi connectivity index (χ1v) is 16.0. The van der Waals surface area contributed by atoms with E-state index in [4.69, 9.17) is 0 Å². The van der Waals surface area contributed by atoms with Gasteiger partial charge >= 0.3 is 0 Å². The second kappa shape index (κ2) is 12.7. The Morgan fingerprint density at radius 2 is 1.39 bits per heavy atom. The quantitative estimate of drug-likeness (QED) is 0.271. The summed E-state index contributed by atoms with van der Waals surface area (Å²) in [6.07, 6.45) is 9.03. The number of aliphatic hydroxyl groups excluding tert-OH is 2. The first-order chi connectivity index (χ1) is 22.5. The van der Waals surface area contributed by atoms with Crippen molar-refractivity contribution in [2.75, 3.05) is 36.4 Å². The molecule has 7 rings (SSSR count). The molecule has 2 saturated heterocycles. The number of carbonyl (C=O) groups excluding carboxylic acids is 2. The van der Waals surface area contributed by atoms with Crippen LogP contribution in [0.4, 0.5) is 11.4 Å². The molecule has 4 aliphatic rings. The van der Waals surface area contributed by atoms with Crippen molar-refractivity contribution in [1.29, 1.82) is 0 Å². The predicted octanol–water partition coefficient (Wildman–Crippen LogP) is 5.61. The van der Waals surface area contributed by atoms with Gasteiger partial charge in [0.25, 0.3) is 11.8 Å². The van der Waals surface area contributed by atoms with Crippen molar-refractivity contribution in [2.45, 2.75) is 31.8 Å². The molecule has 2 aliphatic heterocycles. The molecule has 0 saturated carbocycles. The molecule has 4 N–H and O–H groups in total. The van der Waals surface area contributed by atoms with Crippen LogP contribution in [0.3, 0.4) is 0 Å². The van der Waals surface area contributed by atoms with Gasteiger partial charge in [-0.1, -0.05) is 42.5 Å². The molecule has 8 nitrogen and oxygen atoms in total. The largest absolute Gasteiger partial charge is 0.507 e. The summed E-state index contributed by atoms with van der Waals surface area (Å²) in [4.78, 5) is 28.8. The van der Waals surface area contributed by atoms with Gasteiger partial charge in [0.15, 0.2) is 0 Å². The van der Waals surface area contributed by atoms with E-state index in [0.29, 0.717) is 44.8 Å². The number of nitrogens with zero attached hydrogens (tertiary/aromatic N) is 2. The minimum absolute atomic E-state index is 0.0687. The maximum atomic E-state index is 13.3. The summed E-state index contributed by atoms with van der Waals surface area (Å²) in [6, 6.07) is 23.7. The van der Waals surface area contributed by atoms with E-state index in [-0.39, 0.29) is 17.6 Å². The van der Waals surface area contributed by atoms with Crippen molar-refractivity contribution in [3.8, 4) is 0 Å². The fourth-order valence-electron chi connectivity index (χ4n) is 6.67. The van der Waals surface area contributed by atoms with Crippen LogP contribution >= 0.6 is 0 Å². The number of hydrogen-bond acceptors (Lipinski definition) is 5. The van der Waals surface area contributed by atoms with Gasteiger partial charge in [0, 0.05) is 77.2 Å². The van der Waals surface area contributed by atoms with Gasteiger partial charge < -0.3 is 25.7 Å². The molecule has 2 amide bonds. The van der Waals surface area contributed by atoms with Crippen molar-refractivity contribution in [3.05, 3.63) is 136 Å². The van der Waals surface area contributed by atoms with Crippen LogP contribution in [0.5, 0.6) is 0 Å². The zero-order chi connectivity index (χ0) is 31.6. The van der Waals surface area contributed by atoms with Crippen LogP contribution in [0, 0.1) is 0 Å². The Hall–Kier alpha value is -5.21. The third-order valence-corrected chi connectivity index (χ3v) is 9.15. The van der Waals surface area contributed by atoms with Gasteiger partial charge in [-0.3, -0.25) is 9.59 Å². The SMILES string of the molecule is O=C(NC1=CC(=[N+]2CCCC2)C=C/C1=C1/C(O)=C(c2ccc(N3CCCC3)cc2NC(=O)c2ccccc2)C1O)c1ccccc1. The summed E-state index contributed by atoms with van der Waals surface area (Å²) in [5, 5.41) is 29.3. The standard InChI is InChI=1S/C38H36N4O4/c43-35-33(29-17-15-27(41-19-7-8-20-41)23-31(29)39-37(45)25-11-3-1-4-12-25)36(44)34(35)30-18-16-28(42-21-9-10-22-42)24-32(30)40-38(46)26-13-5-2-6-14-26/h1-6,11-18,23-24,35,43H,7-10,19-22H2,(H2,39,40,44,45,46)/p+1. The molecule has 0 bridgehead atoms. The minimum atomic E-state index is -1.14. The van der Waals surface area contributed by atoms with E-state index in [1.165, 1.54) is 0 Å². The van der Waals surface area contributed by atoms with Crippen molar-refractivity contribution in [1.82, 2.24) is 5.32 Å². The summed E-state index contributed by atoms with van der Waals surface area (Å²) in [7, 11) is 0. The lowest BCUT2D eigenvalue weighted by Crippen LogP contribution is -2.33. The van der Waals surface area contributed by atoms with E-state index < -0.39 is 6.10 Å². The van der Waals surface area contributed by atoms with E-state index in [9.17, 15) is 19.8 Å². The van der Waals surface area contributed by atoms with Gasteiger partial charge in [0.1, 0.15) is 25.0 Å². The number of rotatable bonds is 6. The molecule has 232 valence electrons. The number of hydrogen-bond donors (Lipinski definition) is 4. The lowest BCUT2D eigenvalue weighted by molar-refractivity contribution is -0.504. The van der Waals surface area contributed by atoms with Gasteiger partial charge in [-0.25, -0.2) is 4.58 Å². The molecule has 8 heteroatoms. The summed E-state index contributed by atoms with van der Waals surface area (Å²) in [5.41, 5.74) is 5.75. The number of aliphatic hydroxyl groups is 2. The monoisotopic (exact) mass is 613 g/mol. The number of allylic oxidation sites excluding steroid dienone is 3. The molecule has 2 fully saturated rings. The second-order valence-electron chi connectivity index (χ2n) is 12.1. The van der Waals surface area contributed by atoms with Crippen molar-refractivity contribution < 1.29 is 24.4 Å². The molecule has 3 aromatic carbocycles. The smallest absolute Gasteiger partial charge is 0.255 e. The van der Waals surface area contributed by atoms with Crippen LogP contribution in [-0.4, -0.2) is 64.6 Å². The third kappa shape index (κ3) is 5.68. The van der Waals surface area contributed by atoms with Crippen LogP contribution < -0.4 is 15.5 Å². The van der Waals surface area contributed by atoms with E-state index in [1.807, 2.05) is 72.8 Å². The Bertz CT molecular complexity index is 1840. The Morgan fingerprint density at radius 1 is 0.761 bits per heavy atom.